The van der Waals surface area contributed by atoms with Crippen molar-refractivity contribution in [1.82, 2.24) is 14.8 Å². The van der Waals surface area contributed by atoms with Crippen LogP contribution < -0.4 is 14.8 Å². The van der Waals surface area contributed by atoms with E-state index in [2.05, 4.69) is 15.5 Å². The Bertz CT molecular complexity index is 1280. The van der Waals surface area contributed by atoms with Gasteiger partial charge in [-0.1, -0.05) is 47.6 Å². The molecule has 174 valence electrons. The van der Waals surface area contributed by atoms with Crippen LogP contribution in [0.5, 0.6) is 11.5 Å². The predicted molar refractivity (Wildman–Crippen MR) is 129 cm³/mol. The highest BCUT2D eigenvalue weighted by atomic mass is 35.5. The first-order valence-electron chi connectivity index (χ1n) is 10.2. The SMILES string of the molecule is COc1ccc(OCc2nnc(SCC(=O)Nc3ccccc3Cl)n2-c2ccccc2F)cc1. The number of aromatic nitrogens is 3. The number of carbonyl (C=O) groups excluding carboxylic acids is 1. The van der Waals surface area contributed by atoms with Crippen molar-refractivity contribution >= 4 is 35.0 Å². The first-order valence-corrected chi connectivity index (χ1v) is 11.5. The molecule has 0 saturated heterocycles. The van der Waals surface area contributed by atoms with Crippen molar-refractivity contribution in [2.75, 3.05) is 18.2 Å². The van der Waals surface area contributed by atoms with E-state index in [1.807, 2.05) is 0 Å². The first kappa shape index (κ1) is 23.6. The summed E-state index contributed by atoms with van der Waals surface area (Å²) in [5.74, 6) is 0.979. The molecule has 0 unspecified atom stereocenters. The van der Waals surface area contributed by atoms with Crippen molar-refractivity contribution in [3.05, 3.63) is 89.5 Å². The number of hydrogen-bond acceptors (Lipinski definition) is 6. The Kier molecular flexibility index (Phi) is 7.66. The lowest BCUT2D eigenvalue weighted by atomic mass is 10.3. The van der Waals surface area contributed by atoms with E-state index in [0.717, 1.165) is 11.8 Å². The third-order valence-corrected chi connectivity index (χ3v) is 5.96. The maximum atomic E-state index is 14.7. The molecule has 1 aromatic heterocycles. The van der Waals surface area contributed by atoms with Gasteiger partial charge < -0.3 is 14.8 Å². The van der Waals surface area contributed by atoms with E-state index >= 15 is 0 Å². The number of halogens is 2. The first-order chi connectivity index (χ1) is 16.5. The van der Waals surface area contributed by atoms with Crippen molar-refractivity contribution in [3.8, 4) is 17.2 Å². The highest BCUT2D eigenvalue weighted by molar-refractivity contribution is 7.99. The van der Waals surface area contributed by atoms with Crippen LogP contribution in [0.2, 0.25) is 5.02 Å². The van der Waals surface area contributed by atoms with Crippen LogP contribution >= 0.6 is 23.4 Å². The molecule has 7 nitrogen and oxygen atoms in total. The summed E-state index contributed by atoms with van der Waals surface area (Å²) < 4.78 is 27.2. The highest BCUT2D eigenvalue weighted by Crippen LogP contribution is 2.26. The van der Waals surface area contributed by atoms with Crippen LogP contribution in [0.4, 0.5) is 10.1 Å². The van der Waals surface area contributed by atoms with Gasteiger partial charge >= 0.3 is 0 Å². The Hall–Kier alpha value is -3.56. The molecule has 0 atom stereocenters. The van der Waals surface area contributed by atoms with Crippen LogP contribution in [0.15, 0.2) is 78.0 Å². The quantitative estimate of drug-likeness (QED) is 0.312. The van der Waals surface area contributed by atoms with Gasteiger partial charge in [-0.2, -0.15) is 0 Å². The molecule has 3 aromatic carbocycles. The van der Waals surface area contributed by atoms with Gasteiger partial charge in [0, 0.05) is 0 Å². The lowest BCUT2D eigenvalue weighted by Crippen LogP contribution is -2.15. The molecular weight excluding hydrogens is 479 g/mol. The molecule has 0 aliphatic rings. The lowest BCUT2D eigenvalue weighted by Gasteiger charge is -2.12. The van der Waals surface area contributed by atoms with Gasteiger partial charge in [-0.15, -0.1) is 10.2 Å². The molecule has 0 aliphatic heterocycles. The zero-order valence-electron chi connectivity index (χ0n) is 18.1. The number of thioether (sulfide) groups is 1. The number of hydrogen-bond donors (Lipinski definition) is 1. The minimum Gasteiger partial charge on any atom is -0.497 e. The number of anilines is 1. The van der Waals surface area contributed by atoms with Gasteiger partial charge in [-0.3, -0.25) is 9.36 Å². The number of carbonyl (C=O) groups is 1. The van der Waals surface area contributed by atoms with Gasteiger partial charge in [0.1, 0.15) is 23.9 Å². The maximum absolute atomic E-state index is 14.7. The molecule has 0 spiro atoms. The third-order valence-electron chi connectivity index (χ3n) is 4.70. The fourth-order valence-corrected chi connectivity index (χ4v) is 4.01. The number of benzene rings is 3. The Morgan fingerprint density at radius 3 is 2.47 bits per heavy atom. The van der Waals surface area contributed by atoms with Crippen LogP contribution in [-0.2, 0) is 11.4 Å². The van der Waals surface area contributed by atoms with Gasteiger partial charge in [0.25, 0.3) is 0 Å². The molecule has 34 heavy (non-hydrogen) atoms. The van der Waals surface area contributed by atoms with Crippen molar-refractivity contribution in [2.24, 2.45) is 0 Å². The zero-order valence-corrected chi connectivity index (χ0v) is 19.6. The summed E-state index contributed by atoms with van der Waals surface area (Å²) in [6.45, 7) is 0.0417. The normalized spacial score (nSPS) is 10.7. The molecule has 0 aliphatic carbocycles. The Morgan fingerprint density at radius 2 is 1.74 bits per heavy atom. The monoisotopic (exact) mass is 498 g/mol. The summed E-state index contributed by atoms with van der Waals surface area (Å²) >= 11 is 7.23. The van der Waals surface area contributed by atoms with Crippen molar-refractivity contribution < 1.29 is 18.7 Å². The largest absolute Gasteiger partial charge is 0.497 e. The average molecular weight is 499 g/mol. The van der Waals surface area contributed by atoms with Crippen molar-refractivity contribution in [2.45, 2.75) is 11.8 Å². The molecule has 0 bridgehead atoms. The number of amides is 1. The summed E-state index contributed by atoms with van der Waals surface area (Å²) in [5, 5.41) is 11.9. The number of rotatable bonds is 9. The minimum atomic E-state index is -0.449. The number of nitrogens with one attached hydrogen (secondary N) is 1. The van der Waals surface area contributed by atoms with Crippen molar-refractivity contribution in [1.29, 1.82) is 0 Å². The number of methoxy groups -OCH3 is 1. The zero-order chi connectivity index (χ0) is 23.9. The molecule has 4 aromatic rings. The van der Waals surface area contributed by atoms with E-state index < -0.39 is 5.82 Å². The summed E-state index contributed by atoms with van der Waals surface area (Å²) in [6, 6.07) is 20.3. The minimum absolute atomic E-state index is 0.0249. The second-order valence-electron chi connectivity index (χ2n) is 6.97. The second kappa shape index (κ2) is 11.0. The maximum Gasteiger partial charge on any atom is 0.234 e. The predicted octanol–water partition coefficient (Wildman–Crippen LogP) is 5.38. The van der Waals surface area contributed by atoms with Crippen molar-refractivity contribution in [3.63, 3.8) is 0 Å². The van der Waals surface area contributed by atoms with Crippen LogP contribution in [0, 0.1) is 5.82 Å². The molecule has 1 heterocycles. The van der Waals surface area contributed by atoms with Gasteiger partial charge in [0.2, 0.25) is 5.91 Å². The van der Waals surface area contributed by atoms with Gasteiger partial charge in [-0.05, 0) is 48.5 Å². The molecular formula is C24H20ClFN4O3S. The molecule has 4 rings (SSSR count). The van der Waals surface area contributed by atoms with Crippen LogP contribution in [0.25, 0.3) is 5.69 Å². The average Bonchev–Trinajstić information content (AvgIpc) is 3.26. The summed E-state index contributed by atoms with van der Waals surface area (Å²) in [7, 11) is 1.58. The topological polar surface area (TPSA) is 78.3 Å². The molecule has 0 fully saturated rings. The Morgan fingerprint density at radius 1 is 1.03 bits per heavy atom. The van der Waals surface area contributed by atoms with Gasteiger partial charge in [0.15, 0.2) is 11.0 Å². The fraction of sp³-hybridized carbons (Fsp3) is 0.125. The molecule has 1 N–H and O–H groups in total. The number of nitrogens with zero attached hydrogens (tertiary/aromatic N) is 3. The second-order valence-corrected chi connectivity index (χ2v) is 8.32. The van der Waals surface area contributed by atoms with E-state index in [9.17, 15) is 9.18 Å². The Balaban J connectivity index is 1.52. The molecule has 0 radical (unpaired) electrons. The van der Waals surface area contributed by atoms with Crippen LogP contribution in [0.3, 0.4) is 0 Å². The summed E-state index contributed by atoms with van der Waals surface area (Å²) in [4.78, 5) is 12.5. The smallest absolute Gasteiger partial charge is 0.234 e. The fourth-order valence-electron chi connectivity index (χ4n) is 3.06. The molecule has 1 amide bonds. The van der Waals surface area contributed by atoms with Gasteiger partial charge in [-0.25, -0.2) is 4.39 Å². The third kappa shape index (κ3) is 5.67. The van der Waals surface area contributed by atoms with E-state index in [1.165, 1.54) is 6.07 Å². The molecule has 10 heteroatoms. The van der Waals surface area contributed by atoms with Gasteiger partial charge in [0.05, 0.1) is 29.3 Å². The molecule has 0 saturated carbocycles. The standard InChI is InChI=1S/C24H20ClFN4O3S/c1-32-16-10-12-17(13-11-16)33-14-22-28-29-24(30(22)21-9-5-3-7-19(21)26)34-15-23(31)27-20-8-4-2-6-18(20)25/h2-13H,14-15H2,1H3,(H,27,31). The van der Waals surface area contributed by atoms with E-state index in [0.29, 0.717) is 33.2 Å². The van der Waals surface area contributed by atoms with E-state index in [1.54, 1.807) is 78.4 Å². The van der Waals surface area contributed by atoms with Crippen LogP contribution in [0.1, 0.15) is 5.82 Å². The van der Waals surface area contributed by atoms with E-state index in [-0.39, 0.29) is 24.0 Å². The highest BCUT2D eigenvalue weighted by Gasteiger charge is 2.19. The lowest BCUT2D eigenvalue weighted by molar-refractivity contribution is -0.113. The van der Waals surface area contributed by atoms with Crippen LogP contribution in [-0.4, -0.2) is 33.5 Å². The number of ether oxygens (including phenoxy) is 2. The summed E-state index contributed by atoms with van der Waals surface area (Å²) in [6.07, 6.45) is 0. The summed E-state index contributed by atoms with van der Waals surface area (Å²) in [5.41, 5.74) is 0.772. The Labute approximate surface area is 204 Å². The van der Waals surface area contributed by atoms with E-state index in [4.69, 9.17) is 21.1 Å². The number of para-hydroxylation sites is 2.